The van der Waals surface area contributed by atoms with Crippen molar-refractivity contribution in [3.05, 3.63) is 28.2 Å². The van der Waals surface area contributed by atoms with Crippen molar-refractivity contribution in [2.24, 2.45) is 5.73 Å². The Kier molecular flexibility index (Phi) is 8.10. The van der Waals surface area contributed by atoms with Gasteiger partial charge in [-0.15, -0.1) is 0 Å². The number of ether oxygens (including phenoxy) is 1. The summed E-state index contributed by atoms with van der Waals surface area (Å²) in [5.41, 5.74) is 6.72. The summed E-state index contributed by atoms with van der Waals surface area (Å²) in [6.45, 7) is 3.60. The second-order valence-electron chi connectivity index (χ2n) is 4.57. The highest BCUT2D eigenvalue weighted by molar-refractivity contribution is 9.10. The second-order valence-corrected chi connectivity index (χ2v) is 5.43. The minimum atomic E-state index is 0.554. The average molecular weight is 314 g/mol. The van der Waals surface area contributed by atoms with E-state index in [2.05, 4.69) is 22.9 Å². The van der Waals surface area contributed by atoms with Gasteiger partial charge in [-0.25, -0.2) is 0 Å². The molecule has 2 N–H and O–H groups in total. The highest BCUT2D eigenvalue weighted by Crippen LogP contribution is 2.23. The summed E-state index contributed by atoms with van der Waals surface area (Å²) < 4.78 is 6.75. The second kappa shape index (κ2) is 9.40. The van der Waals surface area contributed by atoms with Gasteiger partial charge in [-0.2, -0.15) is 0 Å². The summed E-state index contributed by atoms with van der Waals surface area (Å²) in [5.74, 6) is 0.924. The van der Waals surface area contributed by atoms with Gasteiger partial charge < -0.3 is 10.5 Å². The van der Waals surface area contributed by atoms with Crippen molar-refractivity contribution >= 4 is 15.9 Å². The molecule has 0 heterocycles. The summed E-state index contributed by atoms with van der Waals surface area (Å²) >= 11 is 3.50. The van der Waals surface area contributed by atoms with Gasteiger partial charge in [0.25, 0.3) is 0 Å². The molecule has 0 atom stereocenters. The van der Waals surface area contributed by atoms with E-state index in [1.54, 1.807) is 0 Å². The maximum atomic E-state index is 5.72. The highest BCUT2D eigenvalue weighted by atomic mass is 79.9. The first-order valence-electron chi connectivity index (χ1n) is 6.89. The molecule has 1 aromatic carbocycles. The molecular formula is C15H24BrNO. The summed E-state index contributed by atoms with van der Waals surface area (Å²) in [4.78, 5) is 0. The van der Waals surface area contributed by atoms with E-state index in [1.807, 2.05) is 18.2 Å². The zero-order valence-corrected chi connectivity index (χ0v) is 12.8. The summed E-state index contributed by atoms with van der Waals surface area (Å²) in [7, 11) is 0. The van der Waals surface area contributed by atoms with E-state index in [-0.39, 0.29) is 0 Å². The first-order valence-corrected chi connectivity index (χ1v) is 7.68. The molecule has 0 bridgehead atoms. The molecule has 102 valence electrons. The standard InChI is InChI=1S/C15H24BrNO/c1-2-3-4-5-6-7-10-18-14-9-8-13(12-17)15(16)11-14/h8-9,11H,2-7,10,12,17H2,1H3. The molecule has 0 aliphatic carbocycles. The number of unbranched alkanes of at least 4 members (excludes halogenated alkanes) is 5. The number of benzene rings is 1. The molecule has 0 unspecified atom stereocenters. The van der Waals surface area contributed by atoms with E-state index in [0.29, 0.717) is 6.54 Å². The van der Waals surface area contributed by atoms with Crippen molar-refractivity contribution in [1.82, 2.24) is 0 Å². The van der Waals surface area contributed by atoms with E-state index in [0.717, 1.165) is 28.8 Å². The van der Waals surface area contributed by atoms with Gasteiger partial charge in [0, 0.05) is 11.0 Å². The van der Waals surface area contributed by atoms with Gasteiger partial charge in [-0.1, -0.05) is 61.0 Å². The fourth-order valence-electron chi connectivity index (χ4n) is 1.86. The Balaban J connectivity index is 2.17. The minimum Gasteiger partial charge on any atom is -0.494 e. The van der Waals surface area contributed by atoms with Crippen LogP contribution >= 0.6 is 15.9 Å². The maximum Gasteiger partial charge on any atom is 0.120 e. The number of nitrogens with two attached hydrogens (primary N) is 1. The van der Waals surface area contributed by atoms with Crippen LogP contribution in [0.3, 0.4) is 0 Å². The molecule has 1 rings (SSSR count). The van der Waals surface area contributed by atoms with Gasteiger partial charge in [-0.3, -0.25) is 0 Å². The van der Waals surface area contributed by atoms with Gasteiger partial charge in [0.2, 0.25) is 0 Å². The molecule has 0 aliphatic rings. The average Bonchev–Trinajstić information content (AvgIpc) is 2.38. The van der Waals surface area contributed by atoms with Crippen LogP contribution in [0, 0.1) is 0 Å². The van der Waals surface area contributed by atoms with Crippen LogP contribution in [0.5, 0.6) is 5.75 Å². The van der Waals surface area contributed by atoms with Crippen molar-refractivity contribution in [2.45, 2.75) is 52.0 Å². The van der Waals surface area contributed by atoms with E-state index in [1.165, 1.54) is 32.1 Å². The Hall–Kier alpha value is -0.540. The normalized spacial score (nSPS) is 10.6. The summed E-state index contributed by atoms with van der Waals surface area (Å²) in [6, 6.07) is 6.00. The lowest BCUT2D eigenvalue weighted by atomic mass is 10.1. The zero-order valence-electron chi connectivity index (χ0n) is 11.3. The zero-order chi connectivity index (χ0) is 13.2. The molecule has 0 spiro atoms. The van der Waals surface area contributed by atoms with Crippen LogP contribution in [-0.4, -0.2) is 6.61 Å². The van der Waals surface area contributed by atoms with Crippen molar-refractivity contribution in [2.75, 3.05) is 6.61 Å². The fraction of sp³-hybridized carbons (Fsp3) is 0.600. The lowest BCUT2D eigenvalue weighted by Crippen LogP contribution is -2.00. The van der Waals surface area contributed by atoms with Crippen molar-refractivity contribution in [3.63, 3.8) is 0 Å². The highest BCUT2D eigenvalue weighted by Gasteiger charge is 2.00. The smallest absolute Gasteiger partial charge is 0.120 e. The number of rotatable bonds is 9. The largest absolute Gasteiger partial charge is 0.494 e. The molecule has 0 fully saturated rings. The van der Waals surface area contributed by atoms with Gasteiger partial charge in [-0.05, 0) is 24.1 Å². The molecule has 18 heavy (non-hydrogen) atoms. The first-order chi connectivity index (χ1) is 8.77. The lowest BCUT2D eigenvalue weighted by molar-refractivity contribution is 0.304. The number of halogens is 1. The number of hydrogen-bond acceptors (Lipinski definition) is 2. The number of hydrogen-bond donors (Lipinski definition) is 1. The van der Waals surface area contributed by atoms with Crippen LogP contribution in [0.1, 0.15) is 51.0 Å². The van der Waals surface area contributed by atoms with Crippen LogP contribution in [0.2, 0.25) is 0 Å². The van der Waals surface area contributed by atoms with E-state index >= 15 is 0 Å². The fourth-order valence-corrected chi connectivity index (χ4v) is 2.38. The molecule has 0 radical (unpaired) electrons. The molecular weight excluding hydrogens is 290 g/mol. The third-order valence-corrected chi connectivity index (χ3v) is 3.75. The van der Waals surface area contributed by atoms with E-state index < -0.39 is 0 Å². The third kappa shape index (κ3) is 5.87. The topological polar surface area (TPSA) is 35.2 Å². The molecule has 0 aliphatic heterocycles. The van der Waals surface area contributed by atoms with Crippen LogP contribution in [0.4, 0.5) is 0 Å². The third-order valence-electron chi connectivity index (χ3n) is 3.01. The molecule has 1 aromatic rings. The van der Waals surface area contributed by atoms with E-state index in [4.69, 9.17) is 10.5 Å². The van der Waals surface area contributed by atoms with Crippen molar-refractivity contribution in [3.8, 4) is 5.75 Å². The molecule has 3 heteroatoms. The molecule has 0 saturated heterocycles. The Bertz CT molecular complexity index is 341. The van der Waals surface area contributed by atoms with Crippen LogP contribution in [-0.2, 0) is 6.54 Å². The Morgan fingerprint density at radius 3 is 2.50 bits per heavy atom. The van der Waals surface area contributed by atoms with Crippen molar-refractivity contribution < 1.29 is 4.74 Å². The minimum absolute atomic E-state index is 0.554. The summed E-state index contributed by atoms with van der Waals surface area (Å²) in [6.07, 6.45) is 7.74. The summed E-state index contributed by atoms with van der Waals surface area (Å²) in [5, 5.41) is 0. The quantitative estimate of drug-likeness (QED) is 0.674. The molecule has 0 saturated carbocycles. The maximum absolute atomic E-state index is 5.72. The monoisotopic (exact) mass is 313 g/mol. The first kappa shape index (κ1) is 15.5. The molecule has 2 nitrogen and oxygen atoms in total. The Morgan fingerprint density at radius 2 is 1.83 bits per heavy atom. The van der Waals surface area contributed by atoms with E-state index in [9.17, 15) is 0 Å². The van der Waals surface area contributed by atoms with Gasteiger partial charge in [0.1, 0.15) is 5.75 Å². The van der Waals surface area contributed by atoms with Gasteiger partial charge in [0.15, 0.2) is 0 Å². The Labute approximate surface area is 119 Å². The predicted molar refractivity (Wildman–Crippen MR) is 80.9 cm³/mol. The van der Waals surface area contributed by atoms with Gasteiger partial charge >= 0.3 is 0 Å². The molecule has 0 amide bonds. The van der Waals surface area contributed by atoms with Crippen LogP contribution in [0.15, 0.2) is 22.7 Å². The SMILES string of the molecule is CCCCCCCCOc1ccc(CN)c(Br)c1. The predicted octanol–water partition coefficient (Wildman–Crippen LogP) is 4.65. The van der Waals surface area contributed by atoms with Crippen LogP contribution < -0.4 is 10.5 Å². The Morgan fingerprint density at radius 1 is 1.11 bits per heavy atom. The van der Waals surface area contributed by atoms with Crippen LogP contribution in [0.25, 0.3) is 0 Å². The van der Waals surface area contributed by atoms with Crippen molar-refractivity contribution in [1.29, 1.82) is 0 Å². The molecule has 0 aromatic heterocycles. The van der Waals surface area contributed by atoms with Gasteiger partial charge in [0.05, 0.1) is 6.61 Å². The lowest BCUT2D eigenvalue weighted by Gasteiger charge is -2.08.